The van der Waals surface area contributed by atoms with Gasteiger partial charge < -0.3 is 11.1 Å². The van der Waals surface area contributed by atoms with Crippen LogP contribution in [0.25, 0.3) is 0 Å². The third-order valence-corrected chi connectivity index (χ3v) is 4.12. The Morgan fingerprint density at radius 2 is 2.24 bits per heavy atom. The predicted octanol–water partition coefficient (Wildman–Crippen LogP) is 2.00. The summed E-state index contributed by atoms with van der Waals surface area (Å²) in [6.07, 6.45) is 1.58. The van der Waals surface area contributed by atoms with Gasteiger partial charge in [-0.2, -0.15) is 0 Å². The third kappa shape index (κ3) is 4.15. The summed E-state index contributed by atoms with van der Waals surface area (Å²) in [5.41, 5.74) is 7.70. The maximum absolute atomic E-state index is 12.0. The molecule has 0 saturated heterocycles. The number of carbonyl (C=O) groups excluding carboxylic acids is 1. The van der Waals surface area contributed by atoms with Crippen LogP contribution in [-0.2, 0) is 6.54 Å². The Balaban J connectivity index is 1.97. The van der Waals surface area contributed by atoms with E-state index in [2.05, 4.69) is 42.1 Å². The Labute approximate surface area is 128 Å². The molecule has 5 heteroatoms. The molecule has 0 atom stereocenters. The van der Waals surface area contributed by atoms with Crippen molar-refractivity contribution in [3.05, 3.63) is 51.0 Å². The molecule has 21 heavy (non-hydrogen) atoms. The van der Waals surface area contributed by atoms with Crippen LogP contribution in [0.2, 0.25) is 0 Å². The van der Waals surface area contributed by atoms with Gasteiger partial charge in [-0.1, -0.05) is 11.8 Å². The molecule has 108 valence electrons. The molecule has 0 aliphatic carbocycles. The van der Waals surface area contributed by atoms with E-state index in [1.807, 2.05) is 0 Å². The molecule has 0 radical (unpaired) electrons. The van der Waals surface area contributed by atoms with Crippen LogP contribution >= 0.6 is 11.3 Å². The fourth-order valence-corrected chi connectivity index (χ4v) is 2.74. The topological polar surface area (TPSA) is 68.0 Å². The SMILES string of the molecule is Cc1cc(CNC(=O)c2ccc(C#CCN)cn2)sc1C. The lowest BCUT2D eigenvalue weighted by atomic mass is 10.2. The normalized spacial score (nSPS) is 9.86. The summed E-state index contributed by atoms with van der Waals surface area (Å²) in [7, 11) is 0. The van der Waals surface area contributed by atoms with Gasteiger partial charge in [-0.3, -0.25) is 4.79 Å². The second kappa shape index (κ2) is 7.02. The van der Waals surface area contributed by atoms with Crippen LogP contribution in [0.3, 0.4) is 0 Å². The first-order valence-corrected chi connectivity index (χ1v) is 7.41. The van der Waals surface area contributed by atoms with Crippen molar-refractivity contribution in [2.45, 2.75) is 20.4 Å². The Kier molecular flexibility index (Phi) is 5.09. The largest absolute Gasteiger partial charge is 0.346 e. The number of pyridine rings is 1. The highest BCUT2D eigenvalue weighted by Gasteiger charge is 2.08. The van der Waals surface area contributed by atoms with Crippen molar-refractivity contribution in [1.82, 2.24) is 10.3 Å². The molecule has 0 aliphatic rings. The van der Waals surface area contributed by atoms with E-state index in [1.54, 1.807) is 29.7 Å². The summed E-state index contributed by atoms with van der Waals surface area (Å²) in [5, 5.41) is 2.87. The van der Waals surface area contributed by atoms with E-state index < -0.39 is 0 Å². The molecule has 2 rings (SSSR count). The number of rotatable bonds is 3. The summed E-state index contributed by atoms with van der Waals surface area (Å²) in [4.78, 5) is 18.5. The molecule has 0 aliphatic heterocycles. The number of hydrogen-bond donors (Lipinski definition) is 2. The predicted molar refractivity (Wildman–Crippen MR) is 85.1 cm³/mol. The molecule has 2 aromatic heterocycles. The fourth-order valence-electron chi connectivity index (χ4n) is 1.75. The average molecular weight is 299 g/mol. The standard InChI is InChI=1S/C16H17N3OS/c1-11-8-14(21-12(11)2)10-19-16(20)15-6-5-13(9-18-15)4-3-7-17/h5-6,8-9H,7,10,17H2,1-2H3,(H,19,20). The molecule has 0 aromatic carbocycles. The first kappa shape index (κ1) is 15.2. The van der Waals surface area contributed by atoms with Crippen molar-refractivity contribution in [2.75, 3.05) is 6.54 Å². The number of nitrogens with one attached hydrogen (secondary N) is 1. The quantitative estimate of drug-likeness (QED) is 0.852. The summed E-state index contributed by atoms with van der Waals surface area (Å²) in [6, 6.07) is 5.53. The first-order valence-electron chi connectivity index (χ1n) is 6.59. The zero-order chi connectivity index (χ0) is 15.2. The number of carbonyl (C=O) groups is 1. The minimum absolute atomic E-state index is 0.183. The van der Waals surface area contributed by atoms with Crippen molar-refractivity contribution in [1.29, 1.82) is 0 Å². The molecule has 0 spiro atoms. The monoisotopic (exact) mass is 299 g/mol. The maximum Gasteiger partial charge on any atom is 0.270 e. The lowest BCUT2D eigenvalue weighted by molar-refractivity contribution is 0.0946. The Hall–Kier alpha value is -2.16. The zero-order valence-corrected chi connectivity index (χ0v) is 12.9. The van der Waals surface area contributed by atoms with E-state index in [-0.39, 0.29) is 5.91 Å². The molecule has 4 nitrogen and oxygen atoms in total. The van der Waals surface area contributed by atoms with Crippen LogP contribution in [-0.4, -0.2) is 17.4 Å². The first-order chi connectivity index (χ1) is 10.1. The van der Waals surface area contributed by atoms with E-state index in [0.717, 1.165) is 10.4 Å². The summed E-state index contributed by atoms with van der Waals surface area (Å²) in [5.74, 6) is 5.43. The van der Waals surface area contributed by atoms with Gasteiger partial charge in [0.15, 0.2) is 0 Å². The van der Waals surface area contributed by atoms with E-state index in [0.29, 0.717) is 18.8 Å². The number of nitrogens with zero attached hydrogens (tertiary/aromatic N) is 1. The zero-order valence-electron chi connectivity index (χ0n) is 12.1. The summed E-state index contributed by atoms with van der Waals surface area (Å²) < 4.78 is 0. The molecule has 2 heterocycles. The second-order valence-electron chi connectivity index (χ2n) is 4.57. The summed E-state index contributed by atoms with van der Waals surface area (Å²) in [6.45, 7) is 4.98. The molecular formula is C16H17N3OS. The molecular weight excluding hydrogens is 282 g/mol. The average Bonchev–Trinajstić information content (AvgIpc) is 2.82. The Morgan fingerprint density at radius 1 is 1.43 bits per heavy atom. The number of thiophene rings is 1. The summed E-state index contributed by atoms with van der Waals surface area (Å²) >= 11 is 1.70. The van der Waals surface area contributed by atoms with Gasteiger partial charge in [0.2, 0.25) is 0 Å². The van der Waals surface area contributed by atoms with Gasteiger partial charge in [0.05, 0.1) is 13.1 Å². The highest BCUT2D eigenvalue weighted by Crippen LogP contribution is 2.20. The van der Waals surface area contributed by atoms with Gasteiger partial charge in [0.25, 0.3) is 5.91 Å². The highest BCUT2D eigenvalue weighted by atomic mass is 32.1. The second-order valence-corrected chi connectivity index (χ2v) is 5.91. The van der Waals surface area contributed by atoms with Crippen molar-refractivity contribution < 1.29 is 4.79 Å². The molecule has 2 aromatic rings. The van der Waals surface area contributed by atoms with Gasteiger partial charge in [0.1, 0.15) is 5.69 Å². The molecule has 1 amide bonds. The van der Waals surface area contributed by atoms with Crippen molar-refractivity contribution >= 4 is 17.2 Å². The Bertz CT molecular complexity index is 673. The van der Waals surface area contributed by atoms with Crippen LogP contribution in [0.5, 0.6) is 0 Å². The number of aryl methyl sites for hydroxylation is 2. The van der Waals surface area contributed by atoms with Gasteiger partial charge in [0, 0.05) is 21.5 Å². The molecule has 0 saturated carbocycles. The van der Waals surface area contributed by atoms with Crippen LogP contribution in [0.15, 0.2) is 24.4 Å². The molecule has 3 N–H and O–H groups in total. The van der Waals surface area contributed by atoms with Gasteiger partial charge >= 0.3 is 0 Å². The van der Waals surface area contributed by atoms with E-state index in [9.17, 15) is 4.79 Å². The maximum atomic E-state index is 12.0. The van der Waals surface area contributed by atoms with Crippen LogP contribution in [0.4, 0.5) is 0 Å². The lowest BCUT2D eigenvalue weighted by Crippen LogP contribution is -2.23. The van der Waals surface area contributed by atoms with E-state index >= 15 is 0 Å². The van der Waals surface area contributed by atoms with Crippen LogP contribution < -0.4 is 11.1 Å². The van der Waals surface area contributed by atoms with Crippen LogP contribution in [0, 0.1) is 25.7 Å². The van der Waals surface area contributed by atoms with Gasteiger partial charge in [-0.15, -0.1) is 11.3 Å². The third-order valence-electron chi connectivity index (χ3n) is 2.97. The smallest absolute Gasteiger partial charge is 0.270 e. The van der Waals surface area contributed by atoms with E-state index in [1.165, 1.54) is 10.4 Å². The number of aromatic nitrogens is 1. The minimum atomic E-state index is -0.183. The minimum Gasteiger partial charge on any atom is -0.346 e. The number of nitrogens with two attached hydrogens (primary N) is 1. The number of hydrogen-bond acceptors (Lipinski definition) is 4. The Morgan fingerprint density at radius 3 is 2.81 bits per heavy atom. The fraction of sp³-hybridized carbons (Fsp3) is 0.250. The molecule has 0 unspecified atom stereocenters. The van der Waals surface area contributed by atoms with Gasteiger partial charge in [-0.05, 0) is 37.6 Å². The van der Waals surface area contributed by atoms with E-state index in [4.69, 9.17) is 5.73 Å². The molecule has 0 fully saturated rings. The lowest BCUT2D eigenvalue weighted by Gasteiger charge is -2.03. The van der Waals surface area contributed by atoms with Crippen molar-refractivity contribution in [3.8, 4) is 11.8 Å². The molecule has 0 bridgehead atoms. The van der Waals surface area contributed by atoms with Gasteiger partial charge in [-0.25, -0.2) is 4.98 Å². The van der Waals surface area contributed by atoms with Crippen molar-refractivity contribution in [2.24, 2.45) is 5.73 Å². The van der Waals surface area contributed by atoms with Crippen LogP contribution in [0.1, 0.15) is 31.4 Å². The highest BCUT2D eigenvalue weighted by molar-refractivity contribution is 7.12. The number of amides is 1. The van der Waals surface area contributed by atoms with Crippen molar-refractivity contribution in [3.63, 3.8) is 0 Å².